The average Bonchev–Trinajstić information content (AvgIpc) is 2.96. The number of likely N-dealkylation sites (tertiary alicyclic amines) is 2. The third-order valence-electron chi connectivity index (χ3n) is 4.48. The van der Waals surface area contributed by atoms with Crippen LogP contribution in [-0.2, 0) is 9.53 Å². The van der Waals surface area contributed by atoms with Gasteiger partial charge in [0.25, 0.3) is 0 Å². The van der Waals surface area contributed by atoms with E-state index in [2.05, 4.69) is 17.1 Å². The first-order valence-electron chi connectivity index (χ1n) is 7.36. The number of amides is 1. The molecule has 20 heavy (non-hydrogen) atoms. The minimum absolute atomic E-state index is 0.0165. The lowest BCUT2D eigenvalue weighted by atomic mass is 10.0. The van der Waals surface area contributed by atoms with Gasteiger partial charge in [0.2, 0.25) is 0 Å². The maximum atomic E-state index is 12.0. The van der Waals surface area contributed by atoms with Crippen molar-refractivity contribution >= 4 is 11.9 Å². The number of rotatable bonds is 5. The molecular weight excluding hydrogens is 258 g/mol. The van der Waals surface area contributed by atoms with Crippen LogP contribution in [0.4, 0.5) is 4.79 Å². The summed E-state index contributed by atoms with van der Waals surface area (Å²) in [5, 5.41) is 2.85. The number of nitrogens with one attached hydrogen (secondary N) is 1. The Hall–Kier alpha value is -1.14. The highest BCUT2D eigenvalue weighted by molar-refractivity contribution is 5.81. The molecular formula is C14H25N3O3. The lowest BCUT2D eigenvalue weighted by Crippen LogP contribution is -2.40. The van der Waals surface area contributed by atoms with Crippen molar-refractivity contribution < 1.29 is 14.3 Å². The predicted molar refractivity (Wildman–Crippen MR) is 75.5 cm³/mol. The van der Waals surface area contributed by atoms with E-state index in [4.69, 9.17) is 4.74 Å². The van der Waals surface area contributed by atoms with Crippen molar-refractivity contribution in [3.8, 4) is 0 Å². The Morgan fingerprint density at radius 1 is 1.25 bits per heavy atom. The third-order valence-corrected chi connectivity index (χ3v) is 4.48. The molecule has 0 aromatic carbocycles. The van der Waals surface area contributed by atoms with Crippen molar-refractivity contribution in [2.75, 3.05) is 46.4 Å². The molecule has 6 heteroatoms. The van der Waals surface area contributed by atoms with Crippen LogP contribution in [-0.4, -0.2) is 74.1 Å². The highest BCUT2D eigenvalue weighted by Crippen LogP contribution is 2.31. The number of fused-ring (bicyclic) bond motifs is 1. The van der Waals surface area contributed by atoms with Gasteiger partial charge in [0.05, 0.1) is 0 Å². The van der Waals surface area contributed by atoms with Crippen LogP contribution in [0, 0.1) is 11.8 Å². The summed E-state index contributed by atoms with van der Waals surface area (Å²) in [4.78, 5) is 27.5. The van der Waals surface area contributed by atoms with Gasteiger partial charge in [-0.25, -0.2) is 4.79 Å². The number of carbonyl (C=O) groups is 2. The van der Waals surface area contributed by atoms with Crippen LogP contribution in [0.1, 0.15) is 13.8 Å². The second kappa shape index (κ2) is 6.54. The van der Waals surface area contributed by atoms with Gasteiger partial charge in [-0.1, -0.05) is 6.92 Å². The van der Waals surface area contributed by atoms with Crippen LogP contribution in [0.3, 0.4) is 0 Å². The predicted octanol–water partition coefficient (Wildman–Crippen LogP) is 0.184. The van der Waals surface area contributed by atoms with E-state index in [1.165, 1.54) is 6.92 Å². The zero-order chi connectivity index (χ0) is 14.7. The molecule has 0 bridgehead atoms. The van der Waals surface area contributed by atoms with Gasteiger partial charge < -0.3 is 19.9 Å². The summed E-state index contributed by atoms with van der Waals surface area (Å²) >= 11 is 0. The number of Topliss-reactive ketones (excluding diaryl/α,β-unsaturated/α-hetero) is 1. The molecule has 114 valence electrons. The van der Waals surface area contributed by atoms with Crippen LogP contribution in [0.2, 0.25) is 0 Å². The number of carbonyl (C=O) groups excluding carboxylic acids is 2. The molecule has 0 aromatic heterocycles. The Morgan fingerprint density at radius 2 is 1.85 bits per heavy atom. The van der Waals surface area contributed by atoms with Gasteiger partial charge in [0, 0.05) is 26.2 Å². The highest BCUT2D eigenvalue weighted by Gasteiger charge is 2.41. The molecule has 3 atom stereocenters. The van der Waals surface area contributed by atoms with Crippen LogP contribution in [0.25, 0.3) is 0 Å². The molecule has 1 N–H and O–H groups in total. The molecule has 0 aliphatic carbocycles. The molecule has 0 aromatic rings. The van der Waals surface area contributed by atoms with E-state index >= 15 is 0 Å². The number of likely N-dealkylation sites (N-methyl/N-ethyl adjacent to an activating group) is 1. The summed E-state index contributed by atoms with van der Waals surface area (Å²) in [5.74, 6) is 1.14. The van der Waals surface area contributed by atoms with E-state index in [0.29, 0.717) is 11.8 Å². The molecule has 2 aliphatic heterocycles. The maximum absolute atomic E-state index is 12.0. The van der Waals surface area contributed by atoms with Gasteiger partial charge in [0.1, 0.15) is 18.4 Å². The van der Waals surface area contributed by atoms with E-state index in [1.807, 2.05) is 0 Å². The molecule has 6 nitrogen and oxygen atoms in total. The van der Waals surface area contributed by atoms with Crippen LogP contribution < -0.4 is 5.32 Å². The normalized spacial score (nSPS) is 27.4. The number of ketones is 1. The molecule has 2 heterocycles. The Kier molecular flexibility index (Phi) is 4.99. The standard InChI is InChI=1S/C14H25N3O3/c1-4-16-5-11-7-17(8-12(11)6-16)14(19)20-9-13(15-3)10(2)18/h11-13,15H,4-9H2,1-3H3. The molecule has 1 amide bonds. The summed E-state index contributed by atoms with van der Waals surface area (Å²) < 4.78 is 5.25. The number of nitrogens with zero attached hydrogens (tertiary/aromatic N) is 2. The first kappa shape index (κ1) is 15.3. The summed E-state index contributed by atoms with van der Waals surface area (Å²) in [5.41, 5.74) is 0. The van der Waals surface area contributed by atoms with Crippen LogP contribution in [0.5, 0.6) is 0 Å². The Balaban J connectivity index is 1.77. The van der Waals surface area contributed by atoms with E-state index < -0.39 is 6.04 Å². The summed E-state index contributed by atoms with van der Waals surface area (Å²) in [7, 11) is 1.69. The summed E-state index contributed by atoms with van der Waals surface area (Å²) in [6.45, 7) is 8.59. The van der Waals surface area contributed by atoms with E-state index in [-0.39, 0.29) is 18.5 Å². The minimum atomic E-state index is -0.406. The second-order valence-corrected chi connectivity index (χ2v) is 5.81. The van der Waals surface area contributed by atoms with Gasteiger partial charge in [-0.05, 0) is 32.4 Å². The monoisotopic (exact) mass is 283 g/mol. The van der Waals surface area contributed by atoms with Crippen molar-refractivity contribution in [1.29, 1.82) is 0 Å². The lowest BCUT2D eigenvalue weighted by Gasteiger charge is -2.21. The van der Waals surface area contributed by atoms with Crippen molar-refractivity contribution in [3.05, 3.63) is 0 Å². The Bertz CT molecular complexity index is 361. The topological polar surface area (TPSA) is 61.9 Å². The highest BCUT2D eigenvalue weighted by atomic mass is 16.6. The zero-order valence-electron chi connectivity index (χ0n) is 12.6. The number of hydrogen-bond donors (Lipinski definition) is 1. The number of ether oxygens (including phenoxy) is 1. The minimum Gasteiger partial charge on any atom is -0.447 e. The fraction of sp³-hybridized carbons (Fsp3) is 0.857. The van der Waals surface area contributed by atoms with Crippen LogP contribution in [0.15, 0.2) is 0 Å². The molecule has 0 spiro atoms. The summed E-state index contributed by atoms with van der Waals surface area (Å²) in [6, 6.07) is -0.406. The molecule has 0 radical (unpaired) electrons. The van der Waals surface area contributed by atoms with Crippen molar-refractivity contribution in [2.45, 2.75) is 19.9 Å². The molecule has 2 saturated heterocycles. The van der Waals surface area contributed by atoms with Gasteiger partial charge in [-0.15, -0.1) is 0 Å². The first-order chi connectivity index (χ1) is 9.55. The third kappa shape index (κ3) is 3.30. The largest absolute Gasteiger partial charge is 0.447 e. The fourth-order valence-electron chi connectivity index (χ4n) is 3.15. The Labute approximate surface area is 120 Å². The van der Waals surface area contributed by atoms with E-state index in [1.54, 1.807) is 11.9 Å². The van der Waals surface area contributed by atoms with Crippen molar-refractivity contribution in [2.24, 2.45) is 11.8 Å². The summed E-state index contributed by atoms with van der Waals surface area (Å²) in [6.07, 6.45) is -0.288. The molecule has 2 rings (SSSR count). The molecule has 2 fully saturated rings. The van der Waals surface area contributed by atoms with Gasteiger partial charge >= 0.3 is 6.09 Å². The Morgan fingerprint density at radius 3 is 2.30 bits per heavy atom. The first-order valence-corrected chi connectivity index (χ1v) is 7.36. The second-order valence-electron chi connectivity index (χ2n) is 5.81. The molecule has 0 saturated carbocycles. The van der Waals surface area contributed by atoms with Gasteiger partial charge in [0.15, 0.2) is 0 Å². The number of hydrogen-bond acceptors (Lipinski definition) is 5. The van der Waals surface area contributed by atoms with E-state index in [9.17, 15) is 9.59 Å². The zero-order valence-corrected chi connectivity index (χ0v) is 12.6. The molecule has 3 unspecified atom stereocenters. The van der Waals surface area contributed by atoms with Crippen LogP contribution >= 0.6 is 0 Å². The van der Waals surface area contributed by atoms with Crippen molar-refractivity contribution in [3.63, 3.8) is 0 Å². The fourth-order valence-corrected chi connectivity index (χ4v) is 3.15. The SMILES string of the molecule is CCN1CC2CN(C(=O)OCC(NC)C(C)=O)CC2C1. The average molecular weight is 283 g/mol. The maximum Gasteiger partial charge on any atom is 0.409 e. The lowest BCUT2D eigenvalue weighted by molar-refractivity contribution is -0.119. The quantitative estimate of drug-likeness (QED) is 0.780. The van der Waals surface area contributed by atoms with Gasteiger partial charge in [-0.3, -0.25) is 4.79 Å². The van der Waals surface area contributed by atoms with Crippen molar-refractivity contribution in [1.82, 2.24) is 15.1 Å². The van der Waals surface area contributed by atoms with E-state index in [0.717, 1.165) is 32.7 Å². The molecule has 2 aliphatic rings. The van der Waals surface area contributed by atoms with Gasteiger partial charge in [-0.2, -0.15) is 0 Å². The smallest absolute Gasteiger partial charge is 0.409 e.